The van der Waals surface area contributed by atoms with Gasteiger partial charge in [-0.05, 0) is 179 Å². The topological polar surface area (TPSA) is 94.8 Å². The van der Waals surface area contributed by atoms with Crippen LogP contribution < -0.4 is 0 Å². The number of aliphatic hydroxyl groups excluding tert-OH is 2. The number of Topliss-reactive ketones (excluding diaryl/α,β-unsaturated/α-hetero) is 2. The van der Waals surface area contributed by atoms with Crippen molar-refractivity contribution in [3.63, 3.8) is 0 Å². The third-order valence-electron chi connectivity index (χ3n) is 22.7. The summed E-state index contributed by atoms with van der Waals surface area (Å²) in [6.45, 7) is 26.1. The summed E-state index contributed by atoms with van der Waals surface area (Å²) in [5.74, 6) is 7.10. The van der Waals surface area contributed by atoms with Crippen molar-refractivity contribution in [3.05, 3.63) is 23.3 Å². The van der Waals surface area contributed by atoms with Crippen LogP contribution in [0.1, 0.15) is 217 Å². The molecule has 6 saturated carbocycles. The van der Waals surface area contributed by atoms with E-state index in [9.17, 15) is 15.3 Å². The summed E-state index contributed by atoms with van der Waals surface area (Å²) in [5, 5.41) is 35.1. The molecule has 0 amide bonds. The average Bonchev–Trinajstić information content (AvgIpc) is 3.77. The predicted molar refractivity (Wildman–Crippen MR) is 266 cm³/mol. The van der Waals surface area contributed by atoms with Crippen LogP contribution in [0.15, 0.2) is 23.3 Å². The Hall–Kier alpha value is -1.30. The SMILES string of the molecule is CC(C)CCC[C@@H](C)[C@H]1CC[C@H]2[C@@H]3CC=C4C[C@@H](O)CC(C(=O)CC(C)(O)CC(=O)C5C[C@H](O)CC6=CC[C@H]7[C@@H]8CC[C@H]([C@H](C)CCCC(C)C)[C@@]8(C)CC[C@@H]7[C@@]65C)[C@@]4(C)[C@H]3CC[C@]12C. The summed E-state index contributed by atoms with van der Waals surface area (Å²) in [7, 11) is 0. The van der Waals surface area contributed by atoms with Crippen LogP contribution in [0.4, 0.5) is 0 Å². The lowest BCUT2D eigenvalue weighted by atomic mass is 9.44. The predicted octanol–water partition coefficient (Wildman–Crippen LogP) is 13.9. The number of hydrogen-bond acceptors (Lipinski definition) is 5. The molecule has 5 heteroatoms. The molecular formula is C60H98O5. The molecule has 0 bridgehead atoms. The number of aliphatic hydroxyl groups is 3. The summed E-state index contributed by atoms with van der Waals surface area (Å²) >= 11 is 0. The van der Waals surface area contributed by atoms with Crippen LogP contribution in [0.3, 0.4) is 0 Å². The van der Waals surface area contributed by atoms with Gasteiger partial charge in [-0.2, -0.15) is 0 Å². The molecule has 8 rings (SSSR count). The Labute approximate surface area is 398 Å². The van der Waals surface area contributed by atoms with Gasteiger partial charge in [-0.3, -0.25) is 9.59 Å². The summed E-state index contributed by atoms with van der Waals surface area (Å²) < 4.78 is 0. The van der Waals surface area contributed by atoms with Crippen molar-refractivity contribution in [2.75, 3.05) is 0 Å². The average molecular weight is 899 g/mol. The van der Waals surface area contributed by atoms with Crippen LogP contribution in [-0.2, 0) is 9.59 Å². The summed E-state index contributed by atoms with van der Waals surface area (Å²) in [6.07, 6.45) is 25.8. The van der Waals surface area contributed by atoms with Gasteiger partial charge in [-0.25, -0.2) is 0 Å². The Morgan fingerprint density at radius 2 is 0.985 bits per heavy atom. The summed E-state index contributed by atoms with van der Waals surface area (Å²) in [6, 6.07) is 0. The number of hydrogen-bond donors (Lipinski definition) is 3. The molecule has 65 heavy (non-hydrogen) atoms. The highest BCUT2D eigenvalue weighted by atomic mass is 16.3. The highest BCUT2D eigenvalue weighted by Crippen LogP contribution is 2.70. The molecule has 0 aromatic carbocycles. The highest BCUT2D eigenvalue weighted by molar-refractivity contribution is 5.87. The lowest BCUT2D eigenvalue weighted by Gasteiger charge is -2.60. The first-order valence-electron chi connectivity index (χ1n) is 28.1. The molecular weight excluding hydrogens is 801 g/mol. The van der Waals surface area contributed by atoms with Gasteiger partial charge in [0.25, 0.3) is 0 Å². The monoisotopic (exact) mass is 899 g/mol. The van der Waals surface area contributed by atoms with Gasteiger partial charge >= 0.3 is 0 Å². The second-order valence-corrected chi connectivity index (χ2v) is 27.4. The van der Waals surface area contributed by atoms with E-state index >= 15 is 9.59 Å². The number of fused-ring (bicyclic) bond motifs is 10. The Balaban J connectivity index is 0.964. The van der Waals surface area contributed by atoms with Gasteiger partial charge in [0, 0.05) is 35.5 Å². The minimum Gasteiger partial charge on any atom is -0.393 e. The molecule has 0 aliphatic heterocycles. The zero-order valence-corrected chi connectivity index (χ0v) is 43.6. The van der Waals surface area contributed by atoms with Gasteiger partial charge < -0.3 is 15.3 Å². The number of allylic oxidation sites excluding steroid dienone is 2. The molecule has 0 radical (unpaired) electrons. The van der Waals surface area contributed by atoms with E-state index in [1.807, 2.05) is 0 Å². The first kappa shape index (κ1) is 50.1. The Morgan fingerprint density at radius 1 is 0.600 bits per heavy atom. The number of ketones is 2. The molecule has 368 valence electrons. The maximum absolute atomic E-state index is 15.0. The summed E-state index contributed by atoms with van der Waals surface area (Å²) in [4.78, 5) is 30.0. The standard InChI is InChI=1S/C60H98O5/c1-36(2)14-12-16-38(5)46-22-24-48-44-20-18-40-30-42(61)32-52(59(40,10)50(44)26-28-57(46,48)8)54(63)34-56(7,65)35-55(64)53-33-43(62)31-41-19-21-45-49-25-23-47(39(6)17-13-15-37(3)4)58(49,9)29-27-51(45)60(41,53)11/h18-19,36-39,42-53,61-62,65H,12-17,20-35H2,1-11H3/t38-,39-,42-,43-,44+,45+,46-,47-,48+,49+,50+,51+,52?,53?,56?,57-,58-,59-,60-/m1/s1. The Morgan fingerprint density at radius 3 is 1.35 bits per heavy atom. The molecule has 2 unspecified atom stereocenters. The van der Waals surface area contributed by atoms with Gasteiger partial charge in [0.1, 0.15) is 11.6 Å². The zero-order valence-electron chi connectivity index (χ0n) is 43.6. The lowest BCUT2D eigenvalue weighted by molar-refractivity contribution is -0.145. The molecule has 0 saturated heterocycles. The molecule has 0 aromatic rings. The number of carbonyl (C=O) groups is 2. The van der Waals surface area contributed by atoms with Gasteiger partial charge in [0.05, 0.1) is 17.8 Å². The van der Waals surface area contributed by atoms with Crippen LogP contribution in [0.25, 0.3) is 0 Å². The maximum atomic E-state index is 15.0. The first-order valence-corrected chi connectivity index (χ1v) is 28.1. The van der Waals surface area contributed by atoms with Crippen LogP contribution in [0.5, 0.6) is 0 Å². The Bertz CT molecular complexity index is 1660. The minimum atomic E-state index is -1.49. The maximum Gasteiger partial charge on any atom is 0.139 e. The van der Waals surface area contributed by atoms with E-state index in [1.165, 1.54) is 88.2 Å². The minimum absolute atomic E-state index is 0.0287. The van der Waals surface area contributed by atoms with Crippen molar-refractivity contribution in [1.82, 2.24) is 0 Å². The second kappa shape index (κ2) is 18.8. The largest absolute Gasteiger partial charge is 0.393 e. The molecule has 8 aliphatic carbocycles. The number of rotatable bonds is 16. The van der Waals surface area contributed by atoms with Gasteiger partial charge in [0.2, 0.25) is 0 Å². The molecule has 3 N–H and O–H groups in total. The molecule has 8 aliphatic rings. The molecule has 5 nitrogen and oxygen atoms in total. The zero-order chi connectivity index (χ0) is 47.0. The van der Waals surface area contributed by atoms with Crippen LogP contribution in [-0.4, -0.2) is 44.7 Å². The van der Waals surface area contributed by atoms with Crippen molar-refractivity contribution in [1.29, 1.82) is 0 Å². The van der Waals surface area contributed by atoms with Crippen molar-refractivity contribution in [2.24, 2.45) is 105 Å². The third kappa shape index (κ3) is 8.95. The van der Waals surface area contributed by atoms with E-state index in [0.717, 1.165) is 61.2 Å². The highest BCUT2D eigenvalue weighted by Gasteiger charge is 2.64. The molecule has 0 aromatic heterocycles. The van der Waals surface area contributed by atoms with E-state index in [1.54, 1.807) is 6.92 Å². The third-order valence-corrected chi connectivity index (χ3v) is 22.7. The molecule has 0 heterocycles. The van der Waals surface area contributed by atoms with E-state index < -0.39 is 17.8 Å². The molecule has 0 spiro atoms. The van der Waals surface area contributed by atoms with Crippen LogP contribution >= 0.6 is 0 Å². The number of carbonyl (C=O) groups excluding carboxylic acids is 2. The van der Waals surface area contributed by atoms with E-state index in [2.05, 4.69) is 81.4 Å². The van der Waals surface area contributed by atoms with Crippen LogP contribution in [0, 0.1) is 105 Å². The van der Waals surface area contributed by atoms with Crippen molar-refractivity contribution < 1.29 is 24.9 Å². The fourth-order valence-corrected chi connectivity index (χ4v) is 19.5. The lowest BCUT2D eigenvalue weighted by Crippen LogP contribution is -2.56. The van der Waals surface area contributed by atoms with Crippen molar-refractivity contribution in [2.45, 2.75) is 235 Å². The van der Waals surface area contributed by atoms with E-state index in [4.69, 9.17) is 0 Å². The fraction of sp³-hybridized carbons (Fsp3) is 0.900. The van der Waals surface area contributed by atoms with Gasteiger partial charge in [0.15, 0.2) is 0 Å². The van der Waals surface area contributed by atoms with E-state index in [0.29, 0.717) is 72.0 Å². The smallest absolute Gasteiger partial charge is 0.139 e. The summed E-state index contributed by atoms with van der Waals surface area (Å²) in [5.41, 5.74) is 1.08. The first-order chi connectivity index (χ1) is 30.5. The fourth-order valence-electron chi connectivity index (χ4n) is 19.5. The van der Waals surface area contributed by atoms with Gasteiger partial charge in [-0.1, -0.05) is 131 Å². The Kier molecular flexibility index (Phi) is 14.5. The molecule has 6 fully saturated rings. The van der Waals surface area contributed by atoms with E-state index in [-0.39, 0.29) is 47.1 Å². The normalized spacial score (nSPS) is 45.2. The van der Waals surface area contributed by atoms with Crippen LogP contribution in [0.2, 0.25) is 0 Å². The van der Waals surface area contributed by atoms with Gasteiger partial charge in [-0.15, -0.1) is 0 Å². The van der Waals surface area contributed by atoms with Crippen molar-refractivity contribution in [3.8, 4) is 0 Å². The second-order valence-electron chi connectivity index (χ2n) is 27.4. The molecule has 18 atom stereocenters. The van der Waals surface area contributed by atoms with Crippen molar-refractivity contribution >= 4 is 11.6 Å². The quantitative estimate of drug-likeness (QED) is 0.134.